The fourth-order valence-electron chi connectivity index (χ4n) is 3.18. The zero-order valence-corrected chi connectivity index (χ0v) is 16.8. The van der Waals surface area contributed by atoms with Crippen molar-refractivity contribution in [3.05, 3.63) is 36.4 Å². The Morgan fingerprint density at radius 2 is 2.18 bits per heavy atom. The molecule has 1 amide bonds. The van der Waals surface area contributed by atoms with E-state index in [1.165, 1.54) is 11.3 Å². The lowest BCUT2D eigenvalue weighted by molar-refractivity contribution is 0.0391. The number of morpholine rings is 1. The molecular weight excluding hydrogens is 378 g/mol. The molecule has 1 aromatic carbocycles. The van der Waals surface area contributed by atoms with Gasteiger partial charge in [-0.15, -0.1) is 0 Å². The van der Waals surface area contributed by atoms with E-state index in [4.69, 9.17) is 14.5 Å². The molecule has 4 rings (SSSR count). The Morgan fingerprint density at radius 3 is 2.89 bits per heavy atom. The van der Waals surface area contributed by atoms with Gasteiger partial charge in [-0.25, -0.2) is 9.97 Å². The molecule has 148 valence electrons. The molecular formula is C19H23N5O3S. The number of carbonyl (C=O) groups excluding carboxylic acids is 1. The van der Waals surface area contributed by atoms with Gasteiger partial charge in [0.25, 0.3) is 5.91 Å². The van der Waals surface area contributed by atoms with Crippen LogP contribution in [-0.2, 0) is 11.8 Å². The van der Waals surface area contributed by atoms with E-state index in [-0.39, 0.29) is 5.91 Å². The molecule has 0 aliphatic carbocycles. The molecule has 1 saturated heterocycles. The highest BCUT2D eigenvalue weighted by atomic mass is 32.1. The lowest BCUT2D eigenvalue weighted by Gasteiger charge is -2.29. The Bertz CT molecular complexity index is 964. The van der Waals surface area contributed by atoms with Crippen LogP contribution >= 0.6 is 11.3 Å². The Hall–Kier alpha value is -2.49. The van der Waals surface area contributed by atoms with Crippen LogP contribution in [0.2, 0.25) is 0 Å². The average molecular weight is 401 g/mol. The number of anilines is 1. The quantitative estimate of drug-likeness (QED) is 0.629. The number of nitrogens with zero attached hydrogens (tertiary/aromatic N) is 5. The second-order valence-electron chi connectivity index (χ2n) is 6.60. The van der Waals surface area contributed by atoms with Crippen molar-refractivity contribution in [2.75, 3.05) is 51.4 Å². The summed E-state index contributed by atoms with van der Waals surface area (Å²) in [5.41, 5.74) is 0.852. The summed E-state index contributed by atoms with van der Waals surface area (Å²) in [5.74, 6) is 1.03. The monoisotopic (exact) mass is 401 g/mol. The van der Waals surface area contributed by atoms with E-state index in [0.29, 0.717) is 17.5 Å². The van der Waals surface area contributed by atoms with Crippen LogP contribution in [0.25, 0.3) is 10.2 Å². The van der Waals surface area contributed by atoms with Crippen molar-refractivity contribution in [1.29, 1.82) is 0 Å². The number of amides is 1. The van der Waals surface area contributed by atoms with E-state index >= 15 is 0 Å². The van der Waals surface area contributed by atoms with Crippen molar-refractivity contribution in [1.82, 2.24) is 19.4 Å². The van der Waals surface area contributed by atoms with Crippen molar-refractivity contribution < 1.29 is 14.3 Å². The summed E-state index contributed by atoms with van der Waals surface area (Å²) in [4.78, 5) is 26.2. The molecule has 0 spiro atoms. The number of imidazole rings is 1. The number of methoxy groups -OCH3 is 1. The first-order chi connectivity index (χ1) is 13.7. The molecule has 8 nitrogen and oxygen atoms in total. The highest BCUT2D eigenvalue weighted by molar-refractivity contribution is 7.22. The number of thiazole rings is 1. The van der Waals surface area contributed by atoms with Crippen LogP contribution in [0.4, 0.5) is 5.13 Å². The van der Waals surface area contributed by atoms with Gasteiger partial charge in [-0.1, -0.05) is 11.3 Å². The maximum atomic E-state index is 13.2. The summed E-state index contributed by atoms with van der Waals surface area (Å²) < 4.78 is 13.4. The predicted molar refractivity (Wildman–Crippen MR) is 108 cm³/mol. The van der Waals surface area contributed by atoms with Gasteiger partial charge in [0.05, 0.1) is 30.5 Å². The first-order valence-electron chi connectivity index (χ1n) is 9.19. The van der Waals surface area contributed by atoms with Crippen LogP contribution < -0.4 is 9.64 Å². The Balaban J connectivity index is 1.63. The van der Waals surface area contributed by atoms with Gasteiger partial charge in [0.1, 0.15) is 5.75 Å². The summed E-state index contributed by atoms with van der Waals surface area (Å²) >= 11 is 1.49. The Labute approximate surface area is 167 Å². The number of ether oxygens (including phenoxy) is 2. The molecule has 1 aliphatic heterocycles. The van der Waals surface area contributed by atoms with E-state index in [9.17, 15) is 4.79 Å². The Morgan fingerprint density at radius 1 is 1.36 bits per heavy atom. The number of carbonyl (C=O) groups is 1. The van der Waals surface area contributed by atoms with Gasteiger partial charge in [-0.05, 0) is 18.2 Å². The molecule has 9 heteroatoms. The molecule has 0 atom stereocenters. The van der Waals surface area contributed by atoms with Crippen LogP contribution in [0.15, 0.2) is 30.6 Å². The van der Waals surface area contributed by atoms with Crippen LogP contribution in [0, 0.1) is 0 Å². The molecule has 28 heavy (non-hydrogen) atoms. The number of aryl methyl sites for hydroxylation is 1. The van der Waals surface area contributed by atoms with Crippen molar-refractivity contribution in [3.8, 4) is 5.75 Å². The topological polar surface area (TPSA) is 72.7 Å². The summed E-state index contributed by atoms with van der Waals surface area (Å²) in [5, 5.41) is 0.671. The van der Waals surface area contributed by atoms with E-state index < -0.39 is 0 Å². The summed E-state index contributed by atoms with van der Waals surface area (Å²) in [7, 11) is 3.46. The predicted octanol–water partition coefficient (Wildman–Crippen LogP) is 2.02. The zero-order valence-electron chi connectivity index (χ0n) is 16.0. The third-order valence-electron chi connectivity index (χ3n) is 4.82. The molecule has 0 saturated carbocycles. The van der Waals surface area contributed by atoms with Gasteiger partial charge < -0.3 is 14.0 Å². The molecule has 2 aromatic heterocycles. The minimum absolute atomic E-state index is 0.146. The number of fused-ring (bicyclic) bond motifs is 1. The smallest absolute Gasteiger partial charge is 0.296 e. The summed E-state index contributed by atoms with van der Waals surface area (Å²) in [6.45, 7) is 4.52. The van der Waals surface area contributed by atoms with Gasteiger partial charge in [0.2, 0.25) is 0 Å². The molecule has 0 N–H and O–H groups in total. The third-order valence-corrected chi connectivity index (χ3v) is 5.86. The maximum absolute atomic E-state index is 13.2. The van der Waals surface area contributed by atoms with Gasteiger partial charge in [0, 0.05) is 45.6 Å². The Kier molecular flexibility index (Phi) is 5.56. The first-order valence-corrected chi connectivity index (χ1v) is 10.0. The number of hydrogen-bond donors (Lipinski definition) is 0. The molecule has 3 aromatic rings. The van der Waals surface area contributed by atoms with Crippen molar-refractivity contribution >= 4 is 32.6 Å². The van der Waals surface area contributed by atoms with Gasteiger partial charge >= 0.3 is 0 Å². The fourth-order valence-corrected chi connectivity index (χ4v) is 4.20. The number of hydrogen-bond acceptors (Lipinski definition) is 7. The largest absolute Gasteiger partial charge is 0.497 e. The highest BCUT2D eigenvalue weighted by Crippen LogP contribution is 2.32. The molecule has 0 unspecified atom stereocenters. The summed E-state index contributed by atoms with van der Waals surface area (Å²) in [6.07, 6.45) is 3.41. The highest BCUT2D eigenvalue weighted by Gasteiger charge is 2.25. The zero-order chi connectivity index (χ0) is 19.5. The second kappa shape index (κ2) is 8.26. The van der Waals surface area contributed by atoms with Crippen LogP contribution in [-0.4, -0.2) is 71.8 Å². The SMILES string of the molecule is COc1ccc2nc(N(CCN3CCOCC3)C(=O)c3nccn3C)sc2c1. The lowest BCUT2D eigenvalue weighted by Crippen LogP contribution is -2.43. The third kappa shape index (κ3) is 3.87. The van der Waals surface area contributed by atoms with Crippen molar-refractivity contribution in [3.63, 3.8) is 0 Å². The molecule has 3 heterocycles. The molecule has 1 aliphatic rings. The van der Waals surface area contributed by atoms with Crippen molar-refractivity contribution in [2.24, 2.45) is 7.05 Å². The molecule has 0 bridgehead atoms. The van der Waals surface area contributed by atoms with Crippen molar-refractivity contribution in [2.45, 2.75) is 0 Å². The summed E-state index contributed by atoms with van der Waals surface area (Å²) in [6, 6.07) is 5.74. The van der Waals surface area contributed by atoms with Gasteiger partial charge in [-0.3, -0.25) is 14.6 Å². The maximum Gasteiger partial charge on any atom is 0.296 e. The fraction of sp³-hybridized carbons (Fsp3) is 0.421. The van der Waals surface area contributed by atoms with E-state index in [1.807, 2.05) is 25.2 Å². The lowest BCUT2D eigenvalue weighted by atomic mass is 10.3. The van der Waals surface area contributed by atoms with Crippen LogP contribution in [0.3, 0.4) is 0 Å². The van der Waals surface area contributed by atoms with Crippen LogP contribution in [0.1, 0.15) is 10.6 Å². The van der Waals surface area contributed by atoms with Crippen LogP contribution in [0.5, 0.6) is 5.75 Å². The normalized spacial score (nSPS) is 15.1. The first kappa shape index (κ1) is 18.9. The van der Waals surface area contributed by atoms with Gasteiger partial charge in [-0.2, -0.15) is 0 Å². The number of benzene rings is 1. The standard InChI is InChI=1S/C19H23N5O3S/c1-22-6-5-20-17(22)18(25)24(8-7-23-9-11-27-12-10-23)19-21-15-4-3-14(26-2)13-16(15)28-19/h3-6,13H,7-12H2,1-2H3. The minimum Gasteiger partial charge on any atom is -0.497 e. The number of rotatable bonds is 6. The van der Waals surface area contributed by atoms with E-state index in [0.717, 1.165) is 48.8 Å². The van der Waals surface area contributed by atoms with E-state index in [2.05, 4.69) is 9.88 Å². The average Bonchev–Trinajstić information content (AvgIpc) is 3.34. The second-order valence-corrected chi connectivity index (χ2v) is 7.61. The molecule has 0 radical (unpaired) electrons. The van der Waals surface area contributed by atoms with E-state index in [1.54, 1.807) is 29.0 Å². The van der Waals surface area contributed by atoms with Gasteiger partial charge in [0.15, 0.2) is 11.0 Å². The molecule has 1 fully saturated rings. The number of aromatic nitrogens is 3. The minimum atomic E-state index is -0.146.